The average molecular weight is 518 g/mol. The molecule has 9 unspecified atom stereocenters. The number of esters is 1. The van der Waals surface area contributed by atoms with Gasteiger partial charge in [0.2, 0.25) is 0 Å². The van der Waals surface area contributed by atoms with Gasteiger partial charge in [-0.25, -0.2) is 0 Å². The van der Waals surface area contributed by atoms with Gasteiger partial charge in [0, 0.05) is 6.42 Å². The van der Waals surface area contributed by atoms with Crippen LogP contribution in [0, 0.1) is 40.4 Å². The molecule has 0 spiro atoms. The topological polar surface area (TPSA) is 110 Å². The zero-order chi connectivity index (χ0) is 27.2. The van der Waals surface area contributed by atoms with Gasteiger partial charge in [0.15, 0.2) is 0 Å². The van der Waals surface area contributed by atoms with Gasteiger partial charge in [0.25, 0.3) is 0 Å². The first-order valence-electron chi connectivity index (χ1n) is 14.8. The van der Waals surface area contributed by atoms with Gasteiger partial charge in [0.1, 0.15) is 12.1 Å². The van der Waals surface area contributed by atoms with Gasteiger partial charge in [-0.3, -0.25) is 9.59 Å². The van der Waals surface area contributed by atoms with E-state index in [0.29, 0.717) is 17.3 Å². The number of nitrogens with two attached hydrogens (primary N) is 1. The maximum absolute atomic E-state index is 12.3. The van der Waals surface area contributed by atoms with Crippen molar-refractivity contribution >= 4 is 11.9 Å². The summed E-state index contributed by atoms with van der Waals surface area (Å²) in [5, 5.41) is 19.1. The second kappa shape index (κ2) is 10.6. The van der Waals surface area contributed by atoms with Crippen LogP contribution in [-0.4, -0.2) is 39.9 Å². The van der Waals surface area contributed by atoms with Gasteiger partial charge < -0.3 is 20.7 Å². The third-order valence-electron chi connectivity index (χ3n) is 11.3. The summed E-state index contributed by atoms with van der Waals surface area (Å²) < 4.78 is 5.68. The zero-order valence-corrected chi connectivity index (χ0v) is 23.8. The van der Waals surface area contributed by atoms with Crippen molar-refractivity contribution in [2.24, 2.45) is 46.2 Å². The minimum absolute atomic E-state index is 0.168. The molecule has 0 aliphatic heterocycles. The Morgan fingerprint density at radius 1 is 1.16 bits per heavy atom. The molecule has 9 atom stereocenters. The Kier molecular flexibility index (Phi) is 8.22. The molecule has 0 aromatic rings. The van der Waals surface area contributed by atoms with E-state index in [0.717, 1.165) is 56.3 Å². The number of hydrogen-bond donors (Lipinski definition) is 3. The van der Waals surface area contributed by atoms with Crippen LogP contribution in [0.15, 0.2) is 11.6 Å². The maximum Gasteiger partial charge on any atom is 0.321 e. The number of carboxylic acids is 1. The first-order valence-corrected chi connectivity index (χ1v) is 14.8. The van der Waals surface area contributed by atoms with Crippen LogP contribution in [0.25, 0.3) is 0 Å². The lowest BCUT2D eigenvalue weighted by Crippen LogP contribution is -2.51. The number of aliphatic carboxylic acids is 1. The van der Waals surface area contributed by atoms with Crippen LogP contribution >= 0.6 is 0 Å². The third-order valence-corrected chi connectivity index (χ3v) is 11.3. The molecule has 6 heteroatoms. The van der Waals surface area contributed by atoms with Crippen molar-refractivity contribution in [2.45, 2.75) is 129 Å². The highest BCUT2D eigenvalue weighted by atomic mass is 16.5. The number of carbonyl (C=O) groups is 2. The molecule has 0 amide bonds. The monoisotopic (exact) mass is 517 g/mol. The lowest BCUT2D eigenvalue weighted by molar-refractivity contribution is -0.154. The molecule has 0 heterocycles. The van der Waals surface area contributed by atoms with Crippen molar-refractivity contribution in [3.05, 3.63) is 11.6 Å². The van der Waals surface area contributed by atoms with E-state index in [9.17, 15) is 14.7 Å². The van der Waals surface area contributed by atoms with Gasteiger partial charge in [0.05, 0.1) is 12.0 Å². The Balaban J connectivity index is 1.40. The van der Waals surface area contributed by atoms with Gasteiger partial charge in [-0.05, 0) is 106 Å². The number of allylic oxidation sites excluding steroid dienone is 1. The molecule has 0 radical (unpaired) electrons. The van der Waals surface area contributed by atoms with E-state index in [2.05, 4.69) is 26.8 Å². The summed E-state index contributed by atoms with van der Waals surface area (Å²) in [5.41, 5.74) is 7.02. The van der Waals surface area contributed by atoms with Crippen molar-refractivity contribution in [2.75, 3.05) is 0 Å². The largest absolute Gasteiger partial charge is 0.480 e. The van der Waals surface area contributed by atoms with Crippen LogP contribution in [0.5, 0.6) is 0 Å². The predicted octanol–water partition coefficient (Wildman–Crippen LogP) is 5.86. The Labute approximate surface area is 223 Å². The van der Waals surface area contributed by atoms with Crippen molar-refractivity contribution < 1.29 is 24.5 Å². The lowest BCUT2D eigenvalue weighted by Gasteiger charge is -2.58. The van der Waals surface area contributed by atoms with Gasteiger partial charge in [-0.15, -0.1) is 0 Å². The minimum Gasteiger partial charge on any atom is -0.480 e. The maximum atomic E-state index is 12.3. The van der Waals surface area contributed by atoms with E-state index in [1.54, 1.807) is 0 Å². The van der Waals surface area contributed by atoms with Crippen molar-refractivity contribution in [1.29, 1.82) is 0 Å². The highest BCUT2D eigenvalue weighted by molar-refractivity contribution is 5.81. The van der Waals surface area contributed by atoms with Crippen LogP contribution in [-0.2, 0) is 14.3 Å². The Morgan fingerprint density at radius 2 is 1.89 bits per heavy atom. The molecule has 4 N–H and O–H groups in total. The summed E-state index contributed by atoms with van der Waals surface area (Å²) in [6.07, 6.45) is 14.3. The second-order valence-corrected chi connectivity index (χ2v) is 14.2. The number of carboxylic acid groups (broad SMARTS) is 1. The molecule has 6 nitrogen and oxygen atoms in total. The van der Waals surface area contributed by atoms with Crippen LogP contribution in [0.2, 0.25) is 0 Å². The second-order valence-electron chi connectivity index (χ2n) is 14.2. The fourth-order valence-corrected chi connectivity index (χ4v) is 9.26. The molecule has 37 heavy (non-hydrogen) atoms. The number of hydrogen-bond acceptors (Lipinski definition) is 5. The minimum atomic E-state index is -1.20. The van der Waals surface area contributed by atoms with Crippen molar-refractivity contribution in [1.82, 2.24) is 0 Å². The molecule has 4 aliphatic rings. The SMILES string of the molecule is CC(CCCC(C)(C)O)C1CCC2C3CC=C4CC(OC(=O)CC(N)C(=O)O)CCC4(C)C3CCC12C. The Morgan fingerprint density at radius 3 is 2.57 bits per heavy atom. The molecular formula is C31H51NO5. The summed E-state index contributed by atoms with van der Waals surface area (Å²) >= 11 is 0. The van der Waals surface area contributed by atoms with E-state index < -0.39 is 23.6 Å². The molecule has 3 fully saturated rings. The first kappa shape index (κ1) is 28.6. The summed E-state index contributed by atoms with van der Waals surface area (Å²) in [7, 11) is 0. The lowest BCUT2D eigenvalue weighted by atomic mass is 9.47. The van der Waals surface area contributed by atoms with Crippen LogP contribution in [0.4, 0.5) is 0 Å². The number of rotatable bonds is 9. The molecular weight excluding hydrogens is 466 g/mol. The summed E-state index contributed by atoms with van der Waals surface area (Å²) in [6, 6.07) is -1.20. The number of fused-ring (bicyclic) bond motifs is 5. The zero-order valence-electron chi connectivity index (χ0n) is 23.8. The van der Waals surface area contributed by atoms with Crippen LogP contribution in [0.3, 0.4) is 0 Å². The summed E-state index contributed by atoms with van der Waals surface area (Å²) in [5.74, 6) is 2.05. The van der Waals surface area contributed by atoms with Crippen molar-refractivity contribution in [3.63, 3.8) is 0 Å². The standard InChI is InChI=1S/C31H51NO5/c1-19(7-6-14-29(2,3)36)23-10-11-24-22-9-8-20-17-21(37-27(33)18-26(32)28(34)35)12-15-30(20,4)25(22)13-16-31(23,24)5/h8,19,21-26,36H,6-7,9-18,32H2,1-5H3,(H,34,35). The van der Waals surface area contributed by atoms with E-state index >= 15 is 0 Å². The van der Waals surface area contributed by atoms with Gasteiger partial charge in [-0.1, -0.05) is 45.3 Å². The van der Waals surface area contributed by atoms with Crippen molar-refractivity contribution in [3.8, 4) is 0 Å². The Hall–Kier alpha value is -1.40. The van der Waals surface area contributed by atoms with E-state index in [1.807, 2.05) is 13.8 Å². The highest BCUT2D eigenvalue weighted by Gasteiger charge is 2.59. The summed E-state index contributed by atoms with van der Waals surface area (Å²) in [6.45, 7) is 11.4. The fourth-order valence-electron chi connectivity index (χ4n) is 9.26. The smallest absolute Gasteiger partial charge is 0.321 e. The molecule has 3 saturated carbocycles. The van der Waals surface area contributed by atoms with Gasteiger partial charge in [-0.2, -0.15) is 0 Å². The molecule has 210 valence electrons. The number of aliphatic hydroxyl groups is 1. The van der Waals surface area contributed by atoms with Gasteiger partial charge >= 0.3 is 11.9 Å². The number of carbonyl (C=O) groups excluding carboxylic acids is 1. The molecule has 0 aromatic carbocycles. The molecule has 0 saturated heterocycles. The third kappa shape index (κ3) is 5.80. The normalized spacial score (nSPS) is 39.0. The summed E-state index contributed by atoms with van der Waals surface area (Å²) in [4.78, 5) is 23.2. The van der Waals surface area contributed by atoms with E-state index in [-0.39, 0.29) is 17.9 Å². The molecule has 4 rings (SSSR count). The molecule has 0 bridgehead atoms. The number of ether oxygens (including phenoxy) is 1. The van der Waals surface area contributed by atoms with E-state index in [1.165, 1.54) is 37.7 Å². The predicted molar refractivity (Wildman–Crippen MR) is 145 cm³/mol. The van der Waals surface area contributed by atoms with E-state index in [4.69, 9.17) is 15.6 Å². The molecule has 0 aromatic heterocycles. The first-order chi connectivity index (χ1) is 17.2. The van der Waals surface area contributed by atoms with Crippen LogP contribution < -0.4 is 5.73 Å². The quantitative estimate of drug-likeness (QED) is 0.261. The van der Waals surface area contributed by atoms with Crippen LogP contribution in [0.1, 0.15) is 112 Å². The molecule has 4 aliphatic carbocycles. The fraction of sp³-hybridized carbons (Fsp3) is 0.871. The Bertz CT molecular complexity index is 893. The average Bonchev–Trinajstić information content (AvgIpc) is 3.15. The highest BCUT2D eigenvalue weighted by Crippen LogP contribution is 2.67.